The summed E-state index contributed by atoms with van der Waals surface area (Å²) in [5.74, 6) is 1.65. The average molecular weight is 764 g/mol. The number of hydrogen-bond donors (Lipinski definition) is 0. The van der Waals surface area contributed by atoms with E-state index in [1.165, 1.54) is 54.2 Å². The van der Waals surface area contributed by atoms with E-state index in [1.54, 1.807) is 0 Å². The van der Waals surface area contributed by atoms with Crippen LogP contribution in [0.3, 0.4) is 0 Å². The second-order valence-electron chi connectivity index (χ2n) is 15.3. The molecule has 12 aromatic rings. The molecule has 0 amide bonds. The molecular weight excluding hydrogens is 731 g/mol. The number of pyridine rings is 2. The van der Waals surface area contributed by atoms with Gasteiger partial charge in [0.15, 0.2) is 17.5 Å². The van der Waals surface area contributed by atoms with Gasteiger partial charge in [-0.25, -0.2) is 15.0 Å². The van der Waals surface area contributed by atoms with E-state index < -0.39 is 0 Å². The van der Waals surface area contributed by atoms with Crippen molar-refractivity contribution in [2.75, 3.05) is 0 Å². The second-order valence-corrected chi connectivity index (χ2v) is 15.3. The van der Waals surface area contributed by atoms with Gasteiger partial charge < -0.3 is 0 Å². The molecule has 60 heavy (non-hydrogen) atoms. The lowest BCUT2D eigenvalue weighted by atomic mass is 9.87. The van der Waals surface area contributed by atoms with Crippen LogP contribution in [0.1, 0.15) is 0 Å². The number of benzene rings is 9. The molecule has 0 N–H and O–H groups in total. The Kier molecular flexibility index (Phi) is 7.78. The summed E-state index contributed by atoms with van der Waals surface area (Å²) in [5, 5.41) is 11.5. The van der Waals surface area contributed by atoms with Crippen molar-refractivity contribution in [1.82, 2.24) is 24.9 Å². The van der Waals surface area contributed by atoms with Gasteiger partial charge in [-0.1, -0.05) is 133 Å². The number of fused-ring (bicyclic) bond motifs is 6. The van der Waals surface area contributed by atoms with Gasteiger partial charge in [0.25, 0.3) is 0 Å². The van der Waals surface area contributed by atoms with Gasteiger partial charge in [0.05, 0.1) is 11.0 Å². The standard InChI is InChI=1S/C55H33N5/c1-7-19-45-34(13-1)25-35-14-2-8-20-46(35)51(45)40-29-41(52-47-21-9-3-15-36(47)26-37-16-4-10-22-48(37)52)31-42(30-40)53-58-54(43-27-38-17-5-11-23-49(38)56-32-43)60-55(59-53)44-28-39-18-6-12-24-50(39)57-33-44/h1-33H. The molecule has 3 heterocycles. The number of aromatic nitrogens is 5. The monoisotopic (exact) mass is 763 g/mol. The van der Waals surface area contributed by atoms with Crippen molar-refractivity contribution < 1.29 is 0 Å². The zero-order valence-electron chi connectivity index (χ0n) is 32.3. The second kappa shape index (κ2) is 13.8. The summed E-state index contributed by atoms with van der Waals surface area (Å²) in [6, 6.07) is 66.6. The van der Waals surface area contributed by atoms with Gasteiger partial charge in [-0.3, -0.25) is 9.97 Å². The summed E-state index contributed by atoms with van der Waals surface area (Å²) >= 11 is 0. The van der Waals surface area contributed by atoms with Crippen molar-refractivity contribution in [2.45, 2.75) is 0 Å². The molecule has 3 aromatic heterocycles. The lowest BCUT2D eigenvalue weighted by molar-refractivity contribution is 1.07. The predicted molar refractivity (Wildman–Crippen MR) is 248 cm³/mol. The zero-order chi connectivity index (χ0) is 39.6. The Morgan fingerprint density at radius 2 is 0.567 bits per heavy atom. The first-order chi connectivity index (χ1) is 29.7. The van der Waals surface area contributed by atoms with Crippen LogP contribution in [0.4, 0.5) is 0 Å². The van der Waals surface area contributed by atoms with Crippen LogP contribution in [-0.2, 0) is 0 Å². The van der Waals surface area contributed by atoms with Crippen LogP contribution in [0, 0.1) is 0 Å². The lowest BCUT2D eigenvalue weighted by Gasteiger charge is -2.18. The van der Waals surface area contributed by atoms with Gasteiger partial charge >= 0.3 is 0 Å². The van der Waals surface area contributed by atoms with Gasteiger partial charge in [0.1, 0.15) is 0 Å². The molecule has 0 saturated carbocycles. The van der Waals surface area contributed by atoms with Crippen molar-refractivity contribution in [1.29, 1.82) is 0 Å². The molecule has 0 radical (unpaired) electrons. The first-order valence-electron chi connectivity index (χ1n) is 20.1. The molecule has 278 valence electrons. The summed E-state index contributed by atoms with van der Waals surface area (Å²) in [6.45, 7) is 0. The maximum Gasteiger partial charge on any atom is 0.165 e. The third kappa shape index (κ3) is 5.75. The Morgan fingerprint density at radius 3 is 0.967 bits per heavy atom. The van der Waals surface area contributed by atoms with Crippen molar-refractivity contribution in [3.05, 3.63) is 200 Å². The Balaban J connectivity index is 1.18. The SMILES string of the molecule is c1ccc2ncc(-c3nc(-c4cc(-c5c6ccccc6cc6ccccc56)cc(-c5c6ccccc6cc6ccccc56)c4)nc(-c4cnc5ccccc5c4)n3)cc2c1. The molecule has 0 atom stereocenters. The molecule has 5 nitrogen and oxygen atoms in total. The fraction of sp³-hybridized carbons (Fsp3) is 0. The quantitative estimate of drug-likeness (QED) is 0.163. The van der Waals surface area contributed by atoms with Gasteiger partial charge in [-0.05, 0) is 120 Å². The first-order valence-corrected chi connectivity index (χ1v) is 20.1. The summed E-state index contributed by atoms with van der Waals surface area (Å²) in [5.41, 5.74) is 8.82. The van der Waals surface area contributed by atoms with Crippen LogP contribution in [0.25, 0.3) is 121 Å². The van der Waals surface area contributed by atoms with Crippen LogP contribution in [0.15, 0.2) is 200 Å². The summed E-state index contributed by atoms with van der Waals surface area (Å²) in [7, 11) is 0. The van der Waals surface area contributed by atoms with Crippen LogP contribution in [0.5, 0.6) is 0 Å². The van der Waals surface area contributed by atoms with Gasteiger partial charge in [0.2, 0.25) is 0 Å². The normalized spacial score (nSPS) is 11.7. The summed E-state index contributed by atoms with van der Waals surface area (Å²) in [4.78, 5) is 25.4. The molecule has 0 aliphatic rings. The summed E-state index contributed by atoms with van der Waals surface area (Å²) < 4.78 is 0. The van der Waals surface area contributed by atoms with Crippen molar-refractivity contribution in [3.8, 4) is 56.4 Å². The van der Waals surface area contributed by atoms with E-state index in [0.29, 0.717) is 17.5 Å². The van der Waals surface area contributed by atoms with Crippen LogP contribution in [0.2, 0.25) is 0 Å². The molecule has 0 fully saturated rings. The highest BCUT2D eigenvalue weighted by Gasteiger charge is 2.20. The molecule has 0 bridgehead atoms. The van der Waals surface area contributed by atoms with E-state index in [-0.39, 0.29) is 0 Å². The maximum atomic E-state index is 5.30. The molecule has 0 aliphatic heterocycles. The van der Waals surface area contributed by atoms with E-state index in [1.807, 2.05) is 48.8 Å². The molecular formula is C55H33N5. The highest BCUT2D eigenvalue weighted by molar-refractivity contribution is 6.16. The fourth-order valence-electron chi connectivity index (χ4n) is 8.84. The molecule has 9 aromatic carbocycles. The number of para-hydroxylation sites is 2. The average Bonchev–Trinajstić information content (AvgIpc) is 3.31. The smallest absolute Gasteiger partial charge is 0.165 e. The van der Waals surface area contributed by atoms with Crippen molar-refractivity contribution >= 4 is 64.9 Å². The Labute approximate surface area is 345 Å². The maximum absolute atomic E-state index is 5.30. The molecule has 0 saturated heterocycles. The highest BCUT2D eigenvalue weighted by atomic mass is 15.0. The minimum Gasteiger partial charge on any atom is -0.255 e. The Hall–Kier alpha value is -8.15. The van der Waals surface area contributed by atoms with E-state index in [2.05, 4.69) is 152 Å². The first kappa shape index (κ1) is 33.9. The Bertz CT molecular complexity index is 3340. The van der Waals surface area contributed by atoms with Crippen LogP contribution < -0.4 is 0 Å². The topological polar surface area (TPSA) is 64.5 Å². The van der Waals surface area contributed by atoms with Gasteiger partial charge in [-0.2, -0.15) is 0 Å². The van der Waals surface area contributed by atoms with Crippen molar-refractivity contribution in [3.63, 3.8) is 0 Å². The molecule has 0 spiro atoms. The van der Waals surface area contributed by atoms with Gasteiger partial charge in [-0.15, -0.1) is 0 Å². The third-order valence-corrected chi connectivity index (χ3v) is 11.6. The van der Waals surface area contributed by atoms with Crippen molar-refractivity contribution in [2.24, 2.45) is 0 Å². The lowest BCUT2D eigenvalue weighted by Crippen LogP contribution is -2.01. The number of hydrogen-bond acceptors (Lipinski definition) is 5. The van der Waals surface area contributed by atoms with E-state index in [0.717, 1.165) is 49.6 Å². The largest absolute Gasteiger partial charge is 0.255 e. The minimum absolute atomic E-state index is 0.541. The van der Waals surface area contributed by atoms with Gasteiger partial charge in [0, 0.05) is 39.9 Å². The molecule has 5 heteroatoms. The summed E-state index contributed by atoms with van der Waals surface area (Å²) in [6.07, 6.45) is 3.71. The molecule has 0 unspecified atom stereocenters. The zero-order valence-corrected chi connectivity index (χ0v) is 32.3. The number of rotatable bonds is 5. The van der Waals surface area contributed by atoms with E-state index >= 15 is 0 Å². The molecule has 0 aliphatic carbocycles. The van der Waals surface area contributed by atoms with Crippen LogP contribution in [-0.4, -0.2) is 24.9 Å². The minimum atomic E-state index is 0.541. The molecule has 12 rings (SSSR count). The predicted octanol–water partition coefficient (Wildman–Crippen LogP) is 13.9. The number of nitrogens with zero attached hydrogens (tertiary/aromatic N) is 5. The fourth-order valence-corrected chi connectivity index (χ4v) is 8.84. The highest BCUT2D eigenvalue weighted by Crippen LogP contribution is 2.43. The van der Waals surface area contributed by atoms with E-state index in [4.69, 9.17) is 24.9 Å². The van der Waals surface area contributed by atoms with Crippen LogP contribution >= 0.6 is 0 Å². The third-order valence-electron chi connectivity index (χ3n) is 11.6. The van der Waals surface area contributed by atoms with E-state index in [9.17, 15) is 0 Å². The Morgan fingerprint density at radius 1 is 0.250 bits per heavy atom.